The topological polar surface area (TPSA) is 35.2 Å². The van der Waals surface area contributed by atoms with Crippen molar-refractivity contribution in [3.8, 4) is 5.75 Å². The first kappa shape index (κ1) is 14.5. The molecular weight excluding hydrogens is 253 g/mol. The third kappa shape index (κ3) is 3.17. The van der Waals surface area contributed by atoms with E-state index in [1.54, 1.807) is 13.2 Å². The summed E-state index contributed by atoms with van der Waals surface area (Å²) in [5.74, 6) is 0.581. The minimum atomic E-state index is -0.551. The monoisotopic (exact) mass is 273 g/mol. The Hall–Kier alpha value is -1.87. The molecule has 0 fully saturated rings. The molecule has 0 aliphatic carbocycles. The highest BCUT2D eigenvalue weighted by atomic mass is 19.1. The van der Waals surface area contributed by atoms with Gasteiger partial charge in [0.1, 0.15) is 11.6 Å². The second-order valence-corrected chi connectivity index (χ2v) is 5.41. The van der Waals surface area contributed by atoms with Crippen LogP contribution in [0.2, 0.25) is 0 Å². The average Bonchev–Trinajstić information content (AvgIpc) is 2.37. The zero-order valence-corrected chi connectivity index (χ0v) is 12.1. The Kier molecular flexibility index (Phi) is 4.09. The summed E-state index contributed by atoms with van der Waals surface area (Å²) in [4.78, 5) is 0. The predicted octanol–water partition coefficient (Wildman–Crippen LogP) is 3.56. The van der Waals surface area contributed by atoms with Crippen LogP contribution in [-0.2, 0) is 12.0 Å². The Morgan fingerprint density at radius 1 is 1.20 bits per heavy atom. The molecule has 0 saturated heterocycles. The molecule has 0 saturated carbocycles. The van der Waals surface area contributed by atoms with Gasteiger partial charge in [0.05, 0.1) is 7.11 Å². The molecule has 2 rings (SSSR count). The molecule has 3 heteroatoms. The first-order chi connectivity index (χ1) is 9.42. The second-order valence-electron chi connectivity index (χ2n) is 5.41. The number of halogens is 1. The molecule has 20 heavy (non-hydrogen) atoms. The molecule has 1 atom stereocenters. The van der Waals surface area contributed by atoms with Gasteiger partial charge in [-0.2, -0.15) is 0 Å². The molecule has 2 aromatic rings. The maximum atomic E-state index is 13.3. The highest BCUT2D eigenvalue weighted by Crippen LogP contribution is 2.28. The molecule has 0 heterocycles. The molecule has 2 aromatic carbocycles. The van der Waals surface area contributed by atoms with E-state index in [1.807, 2.05) is 38.1 Å². The van der Waals surface area contributed by atoms with Gasteiger partial charge in [-0.3, -0.25) is 0 Å². The number of rotatable bonds is 4. The van der Waals surface area contributed by atoms with Crippen LogP contribution >= 0.6 is 0 Å². The van der Waals surface area contributed by atoms with Gasteiger partial charge in [0.25, 0.3) is 0 Å². The summed E-state index contributed by atoms with van der Waals surface area (Å²) in [6, 6.07) is 12.4. The van der Waals surface area contributed by atoms with Crippen LogP contribution in [0.5, 0.6) is 5.75 Å². The first-order valence-electron chi connectivity index (χ1n) is 6.61. The van der Waals surface area contributed by atoms with Gasteiger partial charge in [0, 0.05) is 5.54 Å². The van der Waals surface area contributed by atoms with Gasteiger partial charge in [0.15, 0.2) is 0 Å². The van der Waals surface area contributed by atoms with Crippen LogP contribution in [0, 0.1) is 12.7 Å². The van der Waals surface area contributed by atoms with Crippen LogP contribution in [0.25, 0.3) is 0 Å². The van der Waals surface area contributed by atoms with E-state index in [0.29, 0.717) is 6.42 Å². The van der Waals surface area contributed by atoms with Gasteiger partial charge >= 0.3 is 0 Å². The fourth-order valence-electron chi connectivity index (χ4n) is 2.57. The van der Waals surface area contributed by atoms with Crippen LogP contribution < -0.4 is 10.5 Å². The van der Waals surface area contributed by atoms with Crippen LogP contribution in [0.4, 0.5) is 4.39 Å². The van der Waals surface area contributed by atoms with E-state index in [9.17, 15) is 4.39 Å². The minimum Gasteiger partial charge on any atom is -0.497 e. The minimum absolute atomic E-state index is 0.232. The van der Waals surface area contributed by atoms with Gasteiger partial charge in [-0.15, -0.1) is 0 Å². The Bertz CT molecular complexity index is 608. The van der Waals surface area contributed by atoms with Gasteiger partial charge in [0.2, 0.25) is 0 Å². The zero-order valence-electron chi connectivity index (χ0n) is 12.1. The van der Waals surface area contributed by atoms with E-state index in [2.05, 4.69) is 0 Å². The van der Waals surface area contributed by atoms with Crippen molar-refractivity contribution in [2.45, 2.75) is 25.8 Å². The van der Waals surface area contributed by atoms with Crippen LogP contribution in [-0.4, -0.2) is 7.11 Å². The summed E-state index contributed by atoms with van der Waals surface area (Å²) in [6.07, 6.45) is 0.581. The fourth-order valence-corrected chi connectivity index (χ4v) is 2.57. The highest BCUT2D eigenvalue weighted by molar-refractivity contribution is 5.39. The van der Waals surface area contributed by atoms with Gasteiger partial charge in [-0.25, -0.2) is 4.39 Å². The molecule has 0 radical (unpaired) electrons. The summed E-state index contributed by atoms with van der Waals surface area (Å²) >= 11 is 0. The van der Waals surface area contributed by atoms with E-state index in [4.69, 9.17) is 10.5 Å². The van der Waals surface area contributed by atoms with Crippen molar-refractivity contribution in [2.75, 3.05) is 7.11 Å². The summed E-state index contributed by atoms with van der Waals surface area (Å²) < 4.78 is 18.5. The number of hydrogen-bond acceptors (Lipinski definition) is 2. The lowest BCUT2D eigenvalue weighted by atomic mass is 9.84. The molecule has 106 valence electrons. The Labute approximate surface area is 119 Å². The standard InChI is InChI=1S/C17H20FNO/c1-12-9-15(20-3)7-8-16(12)17(2,19)11-13-5-4-6-14(18)10-13/h4-10H,11,19H2,1-3H3. The van der Waals surface area contributed by atoms with E-state index in [0.717, 1.165) is 22.4 Å². The number of benzene rings is 2. The number of aryl methyl sites for hydroxylation is 1. The van der Waals surface area contributed by atoms with Crippen molar-refractivity contribution >= 4 is 0 Å². The second kappa shape index (κ2) is 5.63. The van der Waals surface area contributed by atoms with Gasteiger partial charge in [-0.1, -0.05) is 18.2 Å². The number of hydrogen-bond donors (Lipinski definition) is 1. The smallest absolute Gasteiger partial charge is 0.123 e. The summed E-state index contributed by atoms with van der Waals surface area (Å²) in [6.45, 7) is 3.97. The molecule has 0 aliphatic rings. The lowest BCUT2D eigenvalue weighted by molar-refractivity contribution is 0.413. The summed E-state index contributed by atoms with van der Waals surface area (Å²) in [7, 11) is 1.64. The van der Waals surface area contributed by atoms with Crippen LogP contribution in [0.3, 0.4) is 0 Å². The van der Waals surface area contributed by atoms with E-state index in [-0.39, 0.29) is 5.82 Å². The molecule has 2 N–H and O–H groups in total. The SMILES string of the molecule is COc1ccc(C(C)(N)Cc2cccc(F)c2)c(C)c1. The Balaban J connectivity index is 2.30. The summed E-state index contributed by atoms with van der Waals surface area (Å²) in [5, 5.41) is 0. The lowest BCUT2D eigenvalue weighted by Gasteiger charge is -2.27. The molecule has 1 unspecified atom stereocenters. The molecular formula is C17H20FNO. The van der Waals surface area contributed by atoms with E-state index >= 15 is 0 Å². The van der Waals surface area contributed by atoms with E-state index in [1.165, 1.54) is 12.1 Å². The molecule has 2 nitrogen and oxygen atoms in total. The number of methoxy groups -OCH3 is 1. The van der Waals surface area contributed by atoms with Crippen LogP contribution in [0.15, 0.2) is 42.5 Å². The molecule has 0 amide bonds. The average molecular weight is 273 g/mol. The highest BCUT2D eigenvalue weighted by Gasteiger charge is 2.24. The van der Waals surface area contributed by atoms with Crippen molar-refractivity contribution in [1.82, 2.24) is 0 Å². The van der Waals surface area contributed by atoms with Gasteiger partial charge in [-0.05, 0) is 61.2 Å². The number of ether oxygens (including phenoxy) is 1. The molecule has 0 aliphatic heterocycles. The maximum Gasteiger partial charge on any atom is 0.123 e. The fraction of sp³-hybridized carbons (Fsp3) is 0.294. The summed E-state index contributed by atoms with van der Waals surface area (Å²) in [5.41, 5.74) is 8.91. The predicted molar refractivity (Wildman–Crippen MR) is 79.4 cm³/mol. The quantitative estimate of drug-likeness (QED) is 0.924. The van der Waals surface area contributed by atoms with E-state index < -0.39 is 5.54 Å². The third-order valence-corrected chi connectivity index (χ3v) is 3.51. The Morgan fingerprint density at radius 2 is 1.95 bits per heavy atom. The third-order valence-electron chi connectivity index (χ3n) is 3.51. The molecule has 0 aromatic heterocycles. The van der Waals surface area contributed by atoms with Crippen molar-refractivity contribution in [1.29, 1.82) is 0 Å². The van der Waals surface area contributed by atoms with Gasteiger partial charge < -0.3 is 10.5 Å². The lowest BCUT2D eigenvalue weighted by Crippen LogP contribution is -2.36. The van der Waals surface area contributed by atoms with Crippen molar-refractivity contribution in [3.63, 3.8) is 0 Å². The number of nitrogens with two attached hydrogens (primary N) is 1. The normalized spacial score (nSPS) is 13.8. The van der Waals surface area contributed by atoms with Crippen molar-refractivity contribution in [3.05, 3.63) is 65.0 Å². The van der Waals surface area contributed by atoms with Crippen molar-refractivity contribution in [2.24, 2.45) is 5.73 Å². The van der Waals surface area contributed by atoms with Crippen molar-refractivity contribution < 1.29 is 9.13 Å². The maximum absolute atomic E-state index is 13.3. The molecule has 0 bridgehead atoms. The Morgan fingerprint density at radius 3 is 2.55 bits per heavy atom. The molecule has 0 spiro atoms. The first-order valence-corrected chi connectivity index (χ1v) is 6.61. The zero-order chi connectivity index (χ0) is 14.8. The largest absolute Gasteiger partial charge is 0.497 e. The van der Waals surface area contributed by atoms with Crippen LogP contribution in [0.1, 0.15) is 23.6 Å².